The van der Waals surface area contributed by atoms with Gasteiger partial charge >= 0.3 is 0 Å². The quantitative estimate of drug-likeness (QED) is 0.215. The number of carbonyl (C=O) groups excluding carboxylic acids is 3. The molecular weight excluding hydrogens is 676 g/mol. The van der Waals surface area contributed by atoms with E-state index >= 15 is 0 Å². The van der Waals surface area contributed by atoms with Gasteiger partial charge in [0.2, 0.25) is 0 Å². The summed E-state index contributed by atoms with van der Waals surface area (Å²) in [6, 6.07) is 12.7. The van der Waals surface area contributed by atoms with Crippen LogP contribution in [0, 0.1) is 29.3 Å². The van der Waals surface area contributed by atoms with Crippen LogP contribution < -0.4 is 20.4 Å². The van der Waals surface area contributed by atoms with E-state index in [0.29, 0.717) is 69.9 Å². The maximum atomic E-state index is 14.7. The predicted molar refractivity (Wildman–Crippen MR) is 190 cm³/mol. The lowest BCUT2D eigenvalue weighted by Crippen LogP contribution is -2.34. The number of para-hydroxylation sites is 1. The Balaban J connectivity index is 0.992. The number of amides is 3. The molecule has 260 valence electrons. The Morgan fingerprint density at radius 1 is 0.843 bits per heavy atom. The van der Waals surface area contributed by atoms with Gasteiger partial charge < -0.3 is 20.4 Å². The number of nitrogens with one attached hydrogen (secondary N) is 2. The molecule has 4 aliphatic rings. The largest absolute Gasteiger partial charge is 0.355 e. The van der Waals surface area contributed by atoms with Gasteiger partial charge in [-0.2, -0.15) is 0 Å². The second-order valence-corrected chi connectivity index (χ2v) is 14.5. The van der Waals surface area contributed by atoms with E-state index in [1.807, 2.05) is 0 Å². The summed E-state index contributed by atoms with van der Waals surface area (Å²) in [4.78, 5) is 49.8. The van der Waals surface area contributed by atoms with Crippen LogP contribution in [-0.4, -0.2) is 42.3 Å². The smallest absolute Gasteiger partial charge is 0.265 e. The fourth-order valence-electron chi connectivity index (χ4n) is 7.77. The summed E-state index contributed by atoms with van der Waals surface area (Å²) in [5, 5.41) is 5.35. The highest BCUT2D eigenvalue weighted by molar-refractivity contribution is 7.17. The molecule has 2 aromatic heterocycles. The van der Waals surface area contributed by atoms with Crippen molar-refractivity contribution in [2.24, 2.45) is 11.8 Å². The lowest BCUT2D eigenvalue weighted by molar-refractivity contribution is -0.115. The normalized spacial score (nSPS) is 19.4. The molecule has 51 heavy (non-hydrogen) atoms. The average Bonchev–Trinajstić information content (AvgIpc) is 3.84. The number of nitrogens with zero attached hydrogens (tertiary/aromatic N) is 3. The molecule has 0 bridgehead atoms. The Hall–Kier alpha value is -5.23. The van der Waals surface area contributed by atoms with Crippen molar-refractivity contribution in [3.8, 4) is 10.4 Å². The third kappa shape index (κ3) is 6.33. The summed E-state index contributed by atoms with van der Waals surface area (Å²) < 4.78 is 43.1. The van der Waals surface area contributed by atoms with Gasteiger partial charge in [-0.25, -0.2) is 18.2 Å². The van der Waals surface area contributed by atoms with Gasteiger partial charge in [-0.1, -0.05) is 18.6 Å². The summed E-state index contributed by atoms with van der Waals surface area (Å²) in [6.07, 6.45) is 10.1. The Bertz CT molecular complexity index is 2110. The predicted octanol–water partition coefficient (Wildman–Crippen LogP) is 7.64. The van der Waals surface area contributed by atoms with Crippen LogP contribution in [0.3, 0.4) is 0 Å². The minimum Gasteiger partial charge on any atom is -0.355 e. The Morgan fingerprint density at radius 3 is 2.37 bits per heavy atom. The number of hydrogen-bond acceptors (Lipinski definition) is 6. The number of pyridine rings is 1. The van der Waals surface area contributed by atoms with E-state index in [1.165, 1.54) is 37.5 Å². The van der Waals surface area contributed by atoms with Crippen LogP contribution in [0.1, 0.15) is 57.7 Å². The van der Waals surface area contributed by atoms with Crippen LogP contribution in [0.2, 0.25) is 0 Å². The summed E-state index contributed by atoms with van der Waals surface area (Å²) in [7, 11) is 0. The third-order valence-electron chi connectivity index (χ3n) is 10.3. The summed E-state index contributed by atoms with van der Waals surface area (Å²) in [6.45, 7) is 2.06. The van der Waals surface area contributed by atoms with Crippen molar-refractivity contribution in [1.82, 2.24) is 10.3 Å². The molecule has 0 radical (unpaired) electrons. The molecule has 2 unspecified atom stereocenters. The monoisotopic (exact) mass is 709 g/mol. The number of allylic oxidation sites excluding steroid dienone is 3. The van der Waals surface area contributed by atoms with E-state index in [0.717, 1.165) is 42.1 Å². The molecule has 3 amide bonds. The summed E-state index contributed by atoms with van der Waals surface area (Å²) in [5.41, 5.74) is 2.91. The standard InChI is InChI=1S/C39H34F3N5O3S/c40-26-11-14-28-32(19-26)47(17-15-23-18-33(51-35(23)28)38(49)45-34-30(41)7-2-8-31(34)42)39(50)22-9-12-27(13-10-22)44-37(48)29-6-3-16-43-36(29)46-20-24-4-1-5-25(24)21-46/h2-3,6-9,11-12,14,16,18-19,24-25H,1,4-5,10,13,15,17,20-21H2,(H,44,48)(H,45,49). The lowest BCUT2D eigenvalue weighted by atomic mass is 10.00. The molecule has 4 heterocycles. The fraction of sp³-hybridized carbons (Fsp3) is 0.282. The molecule has 8 rings (SSSR count). The zero-order valence-corrected chi connectivity index (χ0v) is 28.4. The molecule has 4 aromatic rings. The first-order chi connectivity index (χ1) is 24.7. The van der Waals surface area contributed by atoms with Gasteiger partial charge in [0, 0.05) is 47.5 Å². The van der Waals surface area contributed by atoms with E-state index < -0.39 is 29.0 Å². The molecule has 0 spiro atoms. The minimum absolute atomic E-state index is 0.217. The number of hydrogen-bond donors (Lipinski definition) is 2. The van der Waals surface area contributed by atoms with Crippen molar-refractivity contribution < 1.29 is 27.6 Å². The maximum absolute atomic E-state index is 14.7. The molecule has 2 N–H and O–H groups in total. The van der Waals surface area contributed by atoms with Crippen molar-refractivity contribution >= 4 is 46.3 Å². The number of rotatable bonds is 6. The van der Waals surface area contributed by atoms with Crippen LogP contribution in [0.15, 0.2) is 84.2 Å². The van der Waals surface area contributed by atoms with Gasteiger partial charge in [0.05, 0.1) is 16.1 Å². The Labute approximate surface area is 296 Å². The van der Waals surface area contributed by atoms with Crippen LogP contribution in [-0.2, 0) is 11.2 Å². The Morgan fingerprint density at radius 2 is 1.63 bits per heavy atom. The van der Waals surface area contributed by atoms with Gasteiger partial charge in [0.25, 0.3) is 17.7 Å². The fourth-order valence-corrected chi connectivity index (χ4v) is 8.91. The van der Waals surface area contributed by atoms with Crippen molar-refractivity contribution in [1.29, 1.82) is 0 Å². The SMILES string of the molecule is O=C(Nc1c(F)cccc1F)c1cc2c(s1)-c1ccc(F)cc1N(C(=O)C1=CC=C(NC(=O)c3cccnc3N3CC4CCCC4C3)CC1)CC2. The zero-order chi connectivity index (χ0) is 35.2. The second kappa shape index (κ2) is 13.5. The van der Waals surface area contributed by atoms with Crippen LogP contribution in [0.5, 0.6) is 0 Å². The molecular formula is C39H34F3N5O3S. The molecule has 2 aromatic carbocycles. The van der Waals surface area contributed by atoms with E-state index in [2.05, 4.69) is 20.5 Å². The zero-order valence-electron chi connectivity index (χ0n) is 27.6. The topological polar surface area (TPSA) is 94.6 Å². The van der Waals surface area contributed by atoms with Crippen LogP contribution >= 0.6 is 11.3 Å². The highest BCUT2D eigenvalue weighted by Crippen LogP contribution is 2.43. The van der Waals surface area contributed by atoms with Gasteiger partial charge in [-0.3, -0.25) is 14.4 Å². The molecule has 12 heteroatoms. The van der Waals surface area contributed by atoms with Crippen molar-refractivity contribution in [3.63, 3.8) is 0 Å². The number of aromatic nitrogens is 1. The van der Waals surface area contributed by atoms with Crippen molar-refractivity contribution in [3.05, 3.63) is 118 Å². The highest BCUT2D eigenvalue weighted by Gasteiger charge is 2.38. The summed E-state index contributed by atoms with van der Waals surface area (Å²) in [5.74, 6) is -1.46. The molecule has 1 saturated carbocycles. The van der Waals surface area contributed by atoms with Crippen LogP contribution in [0.25, 0.3) is 10.4 Å². The highest BCUT2D eigenvalue weighted by atomic mass is 32.1. The number of benzene rings is 2. The first kappa shape index (κ1) is 32.9. The molecule has 8 nitrogen and oxygen atoms in total. The number of fused-ring (bicyclic) bond motifs is 4. The molecule has 2 atom stereocenters. The van der Waals surface area contributed by atoms with Gasteiger partial charge in [-0.05, 0) is 104 Å². The number of anilines is 3. The average molecular weight is 710 g/mol. The Kier molecular flexibility index (Phi) is 8.71. The lowest BCUT2D eigenvalue weighted by Gasteiger charge is -2.26. The third-order valence-corrected chi connectivity index (χ3v) is 11.5. The van der Waals surface area contributed by atoms with E-state index in [1.54, 1.807) is 47.5 Å². The van der Waals surface area contributed by atoms with Gasteiger partial charge in [0.15, 0.2) is 0 Å². The van der Waals surface area contributed by atoms with E-state index in [-0.39, 0.29) is 23.2 Å². The first-order valence-electron chi connectivity index (χ1n) is 17.1. The number of thiophene rings is 1. The van der Waals surface area contributed by atoms with Crippen molar-refractivity contribution in [2.45, 2.75) is 38.5 Å². The number of carbonyl (C=O) groups is 3. The molecule has 2 fully saturated rings. The summed E-state index contributed by atoms with van der Waals surface area (Å²) >= 11 is 1.11. The van der Waals surface area contributed by atoms with Crippen molar-refractivity contribution in [2.75, 3.05) is 34.8 Å². The van der Waals surface area contributed by atoms with E-state index in [9.17, 15) is 27.6 Å². The second-order valence-electron chi connectivity index (χ2n) is 13.5. The minimum atomic E-state index is -0.889. The molecule has 2 aliphatic heterocycles. The molecule has 1 saturated heterocycles. The molecule has 2 aliphatic carbocycles. The first-order valence-corrected chi connectivity index (χ1v) is 18.0. The number of halogens is 3. The van der Waals surface area contributed by atoms with E-state index in [4.69, 9.17) is 0 Å². The maximum Gasteiger partial charge on any atom is 0.265 e. The van der Waals surface area contributed by atoms with Gasteiger partial charge in [-0.15, -0.1) is 11.3 Å². The van der Waals surface area contributed by atoms with Gasteiger partial charge in [0.1, 0.15) is 29.0 Å². The van der Waals surface area contributed by atoms with Crippen LogP contribution in [0.4, 0.5) is 30.4 Å².